The van der Waals surface area contributed by atoms with E-state index in [1.165, 1.54) is 0 Å². The first kappa shape index (κ1) is 9.66. The third-order valence-electron chi connectivity index (χ3n) is 1.66. The second-order valence-electron chi connectivity index (χ2n) is 2.53. The standard InChI is InChI=1S/C6H9N5O.ClH/c7-6-10-4-3(5(12)11-6)8-1-2-9-4;/h8H,1-2H2,(H4,7,9,10,11,12);1H/i3+1,4+1,5+1;. The molecule has 1 aromatic heterocycles. The average Bonchev–Trinajstić information content (AvgIpc) is 2.04. The van der Waals surface area contributed by atoms with Crippen molar-refractivity contribution < 1.29 is 0 Å². The van der Waals surface area contributed by atoms with Crippen LogP contribution in [0.5, 0.6) is 0 Å². The Labute approximate surface area is 80.3 Å². The van der Waals surface area contributed by atoms with Gasteiger partial charge in [0.05, 0.1) is 0 Å². The molecule has 0 spiro atoms. The van der Waals surface area contributed by atoms with Gasteiger partial charge in [-0.15, -0.1) is 12.4 Å². The summed E-state index contributed by atoms with van der Waals surface area (Å²) < 4.78 is 0. The van der Waals surface area contributed by atoms with Crippen molar-refractivity contribution >= 4 is 29.9 Å². The normalized spacial score (nSPS) is 13.2. The third kappa shape index (κ3) is 1.67. The first-order chi connectivity index (χ1) is 5.77. The fourth-order valence-electron chi connectivity index (χ4n) is 1.15. The van der Waals surface area contributed by atoms with Crippen molar-refractivity contribution in [3.8, 4) is 0 Å². The van der Waals surface area contributed by atoms with Crippen LogP contribution < -0.4 is 21.9 Å². The number of aromatic nitrogens is 2. The number of H-pyrrole nitrogens is 1. The highest BCUT2D eigenvalue weighted by Crippen LogP contribution is 2.16. The van der Waals surface area contributed by atoms with Gasteiger partial charge in [0.25, 0.3) is 5.56 Å². The van der Waals surface area contributed by atoms with E-state index in [9.17, 15) is 4.79 Å². The molecule has 2 rings (SSSR count). The molecule has 0 fully saturated rings. The maximum Gasteiger partial charge on any atom is 0.277 e. The topological polar surface area (TPSA) is 95.8 Å². The van der Waals surface area contributed by atoms with E-state index in [0.717, 1.165) is 13.1 Å². The molecule has 5 N–H and O–H groups in total. The Balaban J connectivity index is 0.000000845. The minimum atomic E-state index is -0.232. The molecule has 1 aliphatic heterocycles. The molecular weight excluding hydrogens is 197 g/mol. The molecule has 0 radical (unpaired) electrons. The second kappa shape index (κ2) is 3.53. The van der Waals surface area contributed by atoms with Crippen LogP contribution in [0.1, 0.15) is 0 Å². The number of rotatable bonds is 0. The SMILES string of the molecule is Cl.Nc1n[13c]2[13c]([13c](=O)[nH]1)NCCN2. The predicted molar refractivity (Wildman–Crippen MR) is 53.5 cm³/mol. The zero-order valence-electron chi connectivity index (χ0n) is 6.76. The minimum Gasteiger partial charge on any atom is -0.376 e. The van der Waals surface area contributed by atoms with E-state index in [0.29, 0.717) is 11.5 Å². The predicted octanol–water partition coefficient (Wildman–Crippen LogP) is -0.389. The van der Waals surface area contributed by atoms with Gasteiger partial charge in [-0.05, 0) is 0 Å². The van der Waals surface area contributed by atoms with Crippen LogP contribution in [0.2, 0.25) is 0 Å². The molecule has 1 aliphatic rings. The summed E-state index contributed by atoms with van der Waals surface area (Å²) >= 11 is 0. The number of fused-ring (bicyclic) bond motifs is 1. The van der Waals surface area contributed by atoms with Crippen LogP contribution in [0.4, 0.5) is 17.5 Å². The Morgan fingerprint density at radius 2 is 2.00 bits per heavy atom. The van der Waals surface area contributed by atoms with Gasteiger partial charge in [-0.25, -0.2) is 0 Å². The Morgan fingerprint density at radius 1 is 1.31 bits per heavy atom. The number of hydrogen-bond donors (Lipinski definition) is 4. The van der Waals surface area contributed by atoms with Crippen molar-refractivity contribution in [2.24, 2.45) is 0 Å². The van der Waals surface area contributed by atoms with Gasteiger partial charge in [-0.2, -0.15) is 4.98 Å². The highest BCUT2D eigenvalue weighted by Gasteiger charge is 2.12. The van der Waals surface area contributed by atoms with Crippen molar-refractivity contribution in [1.29, 1.82) is 0 Å². The quantitative estimate of drug-likeness (QED) is 0.464. The molecule has 0 amide bonds. The Morgan fingerprint density at radius 3 is 2.77 bits per heavy atom. The fraction of sp³-hybridized carbons (Fsp3) is 0.333. The third-order valence-corrected chi connectivity index (χ3v) is 1.66. The summed E-state index contributed by atoms with van der Waals surface area (Å²) in [4.78, 5) is 17.5. The number of nitrogens with one attached hydrogen (secondary N) is 3. The number of nitrogens with zero attached hydrogens (tertiary/aromatic N) is 1. The number of hydrogen-bond acceptors (Lipinski definition) is 5. The lowest BCUT2D eigenvalue weighted by Crippen LogP contribution is -2.28. The molecule has 0 unspecified atom stereocenters. The first-order valence-electron chi connectivity index (χ1n) is 3.65. The lowest BCUT2D eigenvalue weighted by atomic mass is 10.6. The zero-order chi connectivity index (χ0) is 8.55. The van der Waals surface area contributed by atoms with Crippen LogP contribution in [0.3, 0.4) is 0 Å². The van der Waals surface area contributed by atoms with Crippen LogP contribution in [0.15, 0.2) is 4.79 Å². The van der Waals surface area contributed by atoms with Gasteiger partial charge < -0.3 is 16.4 Å². The van der Waals surface area contributed by atoms with Gasteiger partial charge in [0, 0.05) is 13.1 Å². The molecule has 1 aromatic rings. The van der Waals surface area contributed by atoms with E-state index >= 15 is 0 Å². The molecule has 6 nitrogen and oxygen atoms in total. The Bertz CT molecular complexity index is 363. The van der Waals surface area contributed by atoms with E-state index < -0.39 is 0 Å². The van der Waals surface area contributed by atoms with Gasteiger partial charge in [0.2, 0.25) is 5.95 Å². The highest BCUT2D eigenvalue weighted by molar-refractivity contribution is 5.85. The monoisotopic (exact) mass is 206 g/mol. The number of anilines is 3. The maximum atomic E-state index is 11.2. The first-order valence-corrected chi connectivity index (χ1v) is 3.65. The molecule has 2 heterocycles. The Hall–Kier alpha value is -1.43. The van der Waals surface area contributed by atoms with Crippen molar-refractivity contribution in [2.75, 3.05) is 29.5 Å². The molecular formula is C6H10ClN5O. The van der Waals surface area contributed by atoms with E-state index in [1.807, 2.05) is 0 Å². The second-order valence-corrected chi connectivity index (χ2v) is 2.53. The summed E-state index contributed by atoms with van der Waals surface area (Å²) in [5.74, 6) is 0.664. The molecule has 0 bridgehead atoms. The number of aromatic amines is 1. The number of halogens is 1. The maximum absolute atomic E-state index is 11.2. The lowest BCUT2D eigenvalue weighted by molar-refractivity contribution is 0.990. The average molecular weight is 207 g/mol. The van der Waals surface area contributed by atoms with Gasteiger partial charge in [0.1, 0.15) is 5.69 Å². The number of nitrogens with two attached hydrogens (primary N) is 1. The van der Waals surface area contributed by atoms with Crippen LogP contribution in [0, 0.1) is 0 Å². The smallest absolute Gasteiger partial charge is 0.277 e. The van der Waals surface area contributed by atoms with Crippen LogP contribution in [-0.2, 0) is 0 Å². The summed E-state index contributed by atoms with van der Waals surface area (Å²) in [6, 6.07) is 0. The number of nitrogen functional groups attached to an aromatic ring is 1. The van der Waals surface area contributed by atoms with E-state index in [2.05, 4.69) is 20.6 Å². The van der Waals surface area contributed by atoms with Gasteiger partial charge in [0.15, 0.2) is 5.82 Å². The molecule has 0 aliphatic carbocycles. The van der Waals surface area contributed by atoms with Crippen molar-refractivity contribution in [2.45, 2.75) is 0 Å². The molecule has 13 heavy (non-hydrogen) atoms. The van der Waals surface area contributed by atoms with E-state index in [-0.39, 0.29) is 23.9 Å². The summed E-state index contributed by atoms with van der Waals surface area (Å²) in [7, 11) is 0. The molecule has 0 saturated heterocycles. The van der Waals surface area contributed by atoms with Crippen molar-refractivity contribution in [3.63, 3.8) is 0 Å². The lowest BCUT2D eigenvalue weighted by Gasteiger charge is -2.17. The zero-order valence-corrected chi connectivity index (χ0v) is 7.57. The molecule has 0 saturated carbocycles. The molecule has 0 aromatic carbocycles. The summed E-state index contributed by atoms with van der Waals surface area (Å²) in [5.41, 5.74) is 5.58. The van der Waals surface area contributed by atoms with Crippen molar-refractivity contribution in [3.05, 3.63) is 10.4 Å². The van der Waals surface area contributed by atoms with Crippen LogP contribution >= 0.6 is 12.4 Å². The van der Waals surface area contributed by atoms with Crippen LogP contribution in [-0.4, -0.2) is 23.1 Å². The van der Waals surface area contributed by atoms with Gasteiger partial charge in [-0.3, -0.25) is 9.78 Å². The molecule has 7 heteroatoms. The van der Waals surface area contributed by atoms with Crippen LogP contribution in [0.25, 0.3) is 0 Å². The van der Waals surface area contributed by atoms with Crippen molar-refractivity contribution in [1.82, 2.24) is 9.97 Å². The van der Waals surface area contributed by atoms with E-state index in [4.69, 9.17) is 5.73 Å². The molecule has 0 atom stereocenters. The Kier molecular flexibility index (Phi) is 2.62. The summed E-state index contributed by atoms with van der Waals surface area (Å²) in [5, 5.41) is 5.90. The fourth-order valence-corrected chi connectivity index (χ4v) is 1.15. The highest BCUT2D eigenvalue weighted by atomic mass is 35.5. The minimum absolute atomic E-state index is 0. The molecule has 72 valence electrons. The van der Waals surface area contributed by atoms with Gasteiger partial charge >= 0.3 is 0 Å². The van der Waals surface area contributed by atoms with Gasteiger partial charge in [-0.1, -0.05) is 0 Å². The largest absolute Gasteiger partial charge is 0.376 e. The van der Waals surface area contributed by atoms with E-state index in [1.54, 1.807) is 0 Å². The summed E-state index contributed by atoms with van der Waals surface area (Å²) in [6.45, 7) is 1.48. The summed E-state index contributed by atoms with van der Waals surface area (Å²) in [6.07, 6.45) is 0.